The molecule has 2 rings (SSSR count). The minimum Gasteiger partial charge on any atom is -0.347 e. The second-order valence-electron chi connectivity index (χ2n) is 4.48. The standard InChI is InChI=1S/C13H15ClN4O2.ClH/c1-8(15)5-11(19)16-7-12-17-13(18-20-12)9-3-2-4-10(14)6-9;/h2-4,6,8H,5,7,15H2,1H3,(H,16,19);1H. The van der Waals surface area contributed by atoms with Crippen LogP contribution in [0.4, 0.5) is 0 Å². The summed E-state index contributed by atoms with van der Waals surface area (Å²) in [5.74, 6) is 0.615. The fraction of sp³-hybridized carbons (Fsp3) is 0.308. The maximum atomic E-state index is 11.4. The van der Waals surface area contributed by atoms with Gasteiger partial charge in [0.2, 0.25) is 17.6 Å². The summed E-state index contributed by atoms with van der Waals surface area (Å²) < 4.78 is 5.06. The number of hydrogen-bond acceptors (Lipinski definition) is 5. The highest BCUT2D eigenvalue weighted by atomic mass is 35.5. The summed E-state index contributed by atoms with van der Waals surface area (Å²) in [5, 5.41) is 7.11. The third kappa shape index (κ3) is 5.34. The Morgan fingerprint density at radius 2 is 2.29 bits per heavy atom. The van der Waals surface area contributed by atoms with E-state index < -0.39 is 0 Å². The van der Waals surface area contributed by atoms with E-state index in [9.17, 15) is 4.79 Å². The molecule has 0 saturated heterocycles. The van der Waals surface area contributed by atoms with E-state index in [1.54, 1.807) is 25.1 Å². The lowest BCUT2D eigenvalue weighted by Gasteiger charge is -2.04. The summed E-state index contributed by atoms with van der Waals surface area (Å²) in [5.41, 5.74) is 6.29. The van der Waals surface area contributed by atoms with Crippen molar-refractivity contribution in [3.05, 3.63) is 35.2 Å². The molecule has 8 heteroatoms. The summed E-state index contributed by atoms with van der Waals surface area (Å²) in [6.07, 6.45) is 0.259. The van der Waals surface area contributed by atoms with E-state index in [2.05, 4.69) is 15.5 Å². The van der Waals surface area contributed by atoms with Crippen LogP contribution in [0.1, 0.15) is 19.2 Å². The molecule has 1 heterocycles. The predicted molar refractivity (Wildman–Crippen MR) is 82.1 cm³/mol. The van der Waals surface area contributed by atoms with Crippen LogP contribution < -0.4 is 11.1 Å². The van der Waals surface area contributed by atoms with Crippen LogP contribution in [0.5, 0.6) is 0 Å². The van der Waals surface area contributed by atoms with Crippen molar-refractivity contribution in [1.82, 2.24) is 15.5 Å². The lowest BCUT2D eigenvalue weighted by molar-refractivity contribution is -0.121. The number of halogens is 2. The Hall–Kier alpha value is -1.63. The van der Waals surface area contributed by atoms with Crippen LogP contribution in [-0.2, 0) is 11.3 Å². The average Bonchev–Trinajstić information content (AvgIpc) is 2.84. The van der Waals surface area contributed by atoms with Crippen molar-refractivity contribution in [1.29, 1.82) is 0 Å². The monoisotopic (exact) mass is 330 g/mol. The van der Waals surface area contributed by atoms with E-state index in [-0.39, 0.29) is 37.3 Å². The fourth-order valence-electron chi connectivity index (χ4n) is 1.61. The molecule has 0 bridgehead atoms. The van der Waals surface area contributed by atoms with Crippen molar-refractivity contribution < 1.29 is 9.32 Å². The zero-order chi connectivity index (χ0) is 14.5. The molecule has 1 aromatic heterocycles. The second-order valence-corrected chi connectivity index (χ2v) is 4.92. The zero-order valence-corrected chi connectivity index (χ0v) is 12.9. The number of carbonyl (C=O) groups excluding carboxylic acids is 1. The molecule has 2 aromatic rings. The van der Waals surface area contributed by atoms with Gasteiger partial charge in [-0.15, -0.1) is 12.4 Å². The van der Waals surface area contributed by atoms with Crippen LogP contribution in [0.25, 0.3) is 11.4 Å². The van der Waals surface area contributed by atoms with Gasteiger partial charge in [0.1, 0.15) is 0 Å². The Kier molecular flexibility index (Phi) is 6.61. The molecule has 1 aromatic carbocycles. The molecule has 0 aliphatic heterocycles. The van der Waals surface area contributed by atoms with E-state index in [0.717, 1.165) is 5.56 Å². The average molecular weight is 331 g/mol. The van der Waals surface area contributed by atoms with Gasteiger partial charge in [0.15, 0.2) is 0 Å². The number of nitrogens with zero attached hydrogens (tertiary/aromatic N) is 2. The van der Waals surface area contributed by atoms with Crippen LogP contribution in [0.3, 0.4) is 0 Å². The molecule has 6 nitrogen and oxygen atoms in total. The topological polar surface area (TPSA) is 94.0 Å². The Balaban J connectivity index is 0.00000220. The first-order valence-electron chi connectivity index (χ1n) is 6.15. The highest BCUT2D eigenvalue weighted by molar-refractivity contribution is 6.30. The number of benzene rings is 1. The van der Waals surface area contributed by atoms with Gasteiger partial charge in [0, 0.05) is 23.0 Å². The Bertz CT molecular complexity index is 601. The normalized spacial score (nSPS) is 11.6. The molecule has 0 fully saturated rings. The summed E-state index contributed by atoms with van der Waals surface area (Å²) >= 11 is 5.90. The van der Waals surface area contributed by atoms with E-state index in [0.29, 0.717) is 16.7 Å². The van der Waals surface area contributed by atoms with Gasteiger partial charge in [0.25, 0.3) is 0 Å². The third-order valence-corrected chi connectivity index (χ3v) is 2.73. The first-order chi connectivity index (χ1) is 9.54. The molecule has 1 unspecified atom stereocenters. The largest absolute Gasteiger partial charge is 0.347 e. The van der Waals surface area contributed by atoms with Gasteiger partial charge >= 0.3 is 0 Å². The van der Waals surface area contributed by atoms with E-state index in [1.807, 2.05) is 6.07 Å². The molecule has 0 spiro atoms. The molecule has 0 radical (unpaired) electrons. The molecule has 0 saturated carbocycles. The second kappa shape index (κ2) is 7.97. The molecule has 21 heavy (non-hydrogen) atoms. The van der Waals surface area contributed by atoms with Crippen LogP contribution in [0.2, 0.25) is 5.02 Å². The van der Waals surface area contributed by atoms with Crippen LogP contribution >= 0.6 is 24.0 Å². The van der Waals surface area contributed by atoms with Gasteiger partial charge in [-0.1, -0.05) is 28.9 Å². The highest BCUT2D eigenvalue weighted by Crippen LogP contribution is 2.19. The minimum absolute atomic E-state index is 0. The first kappa shape index (κ1) is 17.4. The molecule has 114 valence electrons. The lowest BCUT2D eigenvalue weighted by atomic mass is 10.2. The van der Waals surface area contributed by atoms with Gasteiger partial charge in [0.05, 0.1) is 6.54 Å². The van der Waals surface area contributed by atoms with E-state index in [1.165, 1.54) is 0 Å². The maximum Gasteiger partial charge on any atom is 0.246 e. The number of carbonyl (C=O) groups is 1. The van der Waals surface area contributed by atoms with Gasteiger partial charge < -0.3 is 15.6 Å². The van der Waals surface area contributed by atoms with Gasteiger partial charge in [-0.25, -0.2) is 0 Å². The highest BCUT2D eigenvalue weighted by Gasteiger charge is 2.10. The van der Waals surface area contributed by atoms with E-state index >= 15 is 0 Å². The van der Waals surface area contributed by atoms with Crippen molar-refractivity contribution in [2.75, 3.05) is 0 Å². The zero-order valence-electron chi connectivity index (χ0n) is 11.4. The maximum absolute atomic E-state index is 11.4. The van der Waals surface area contributed by atoms with Crippen molar-refractivity contribution >= 4 is 29.9 Å². The summed E-state index contributed by atoms with van der Waals surface area (Å²) in [7, 11) is 0. The van der Waals surface area contributed by atoms with Crippen molar-refractivity contribution in [3.8, 4) is 11.4 Å². The molecule has 1 amide bonds. The van der Waals surface area contributed by atoms with Gasteiger partial charge in [-0.3, -0.25) is 4.79 Å². The molecule has 1 atom stereocenters. The molecule has 0 aliphatic rings. The number of nitrogens with two attached hydrogens (primary N) is 1. The SMILES string of the molecule is CC(N)CC(=O)NCc1nc(-c2cccc(Cl)c2)no1.Cl. The molecular weight excluding hydrogens is 315 g/mol. The van der Waals surface area contributed by atoms with Crippen molar-refractivity contribution in [2.24, 2.45) is 5.73 Å². The van der Waals surface area contributed by atoms with E-state index in [4.69, 9.17) is 21.9 Å². The Morgan fingerprint density at radius 3 is 2.95 bits per heavy atom. The third-order valence-electron chi connectivity index (χ3n) is 2.50. The summed E-state index contributed by atoms with van der Waals surface area (Å²) in [6.45, 7) is 1.95. The molecule has 3 N–H and O–H groups in total. The molecular formula is C13H16Cl2N4O2. The number of nitrogens with one attached hydrogen (secondary N) is 1. The van der Waals surface area contributed by atoms with Gasteiger partial charge in [-0.2, -0.15) is 4.98 Å². The first-order valence-corrected chi connectivity index (χ1v) is 6.53. The Labute approximate surface area is 133 Å². The van der Waals surface area contributed by atoms with Crippen LogP contribution in [-0.4, -0.2) is 22.1 Å². The van der Waals surface area contributed by atoms with Crippen LogP contribution in [0, 0.1) is 0 Å². The quantitative estimate of drug-likeness (QED) is 0.876. The van der Waals surface area contributed by atoms with Crippen molar-refractivity contribution in [3.63, 3.8) is 0 Å². The van der Waals surface area contributed by atoms with Crippen molar-refractivity contribution in [2.45, 2.75) is 25.9 Å². The lowest BCUT2D eigenvalue weighted by Crippen LogP contribution is -2.29. The molecule has 0 aliphatic carbocycles. The van der Waals surface area contributed by atoms with Gasteiger partial charge in [-0.05, 0) is 19.1 Å². The number of hydrogen-bond donors (Lipinski definition) is 2. The fourth-order valence-corrected chi connectivity index (χ4v) is 1.80. The van der Waals surface area contributed by atoms with Crippen LogP contribution in [0.15, 0.2) is 28.8 Å². The number of amides is 1. The summed E-state index contributed by atoms with van der Waals surface area (Å²) in [6, 6.07) is 6.96. The number of rotatable bonds is 5. The summed E-state index contributed by atoms with van der Waals surface area (Å²) in [4.78, 5) is 15.6. The minimum atomic E-state index is -0.181. The smallest absolute Gasteiger partial charge is 0.246 e. The predicted octanol–water partition coefficient (Wildman–Crippen LogP) is 2.17. The number of aromatic nitrogens is 2. The Morgan fingerprint density at radius 1 is 1.52 bits per heavy atom.